The Hall–Kier alpha value is -1.88. The zero-order valence-corrected chi connectivity index (χ0v) is 12.5. The third-order valence-electron chi connectivity index (χ3n) is 5.70. The van der Waals surface area contributed by atoms with Crippen LogP contribution in [0.2, 0.25) is 0 Å². The van der Waals surface area contributed by atoms with Gasteiger partial charge in [0.15, 0.2) is 17.3 Å². The van der Waals surface area contributed by atoms with Crippen LogP contribution in [0.5, 0.6) is 11.5 Å². The maximum atomic E-state index is 12.9. The van der Waals surface area contributed by atoms with Crippen LogP contribution in [-0.4, -0.2) is 36.4 Å². The fourth-order valence-corrected chi connectivity index (χ4v) is 4.86. The fraction of sp³-hybridized carbons (Fsp3) is 0.529. The number of methoxy groups -OCH3 is 1. The topological polar surface area (TPSA) is 75.6 Å². The van der Waals surface area contributed by atoms with Gasteiger partial charge in [-0.05, 0) is 43.4 Å². The van der Waals surface area contributed by atoms with E-state index in [1.165, 1.54) is 7.11 Å². The van der Waals surface area contributed by atoms with Crippen LogP contribution in [0.1, 0.15) is 30.4 Å². The second-order valence-electron chi connectivity index (χ2n) is 6.54. The van der Waals surface area contributed by atoms with Crippen LogP contribution in [0.4, 0.5) is 0 Å². The molecule has 3 aliphatic rings. The molecule has 1 saturated carbocycles. The fourth-order valence-electron chi connectivity index (χ4n) is 4.86. The number of hydrogen-bond acceptors (Lipinski definition) is 5. The Balaban J connectivity index is 2.04. The minimum Gasteiger partial charge on any atom is -0.504 e. The minimum absolute atomic E-state index is 0.0391. The van der Waals surface area contributed by atoms with Gasteiger partial charge in [-0.2, -0.15) is 0 Å². The molecule has 0 radical (unpaired) electrons. The average molecular weight is 301 g/mol. The number of aromatic hydroxyl groups is 1. The third-order valence-corrected chi connectivity index (χ3v) is 5.70. The maximum Gasteiger partial charge on any atom is 0.209 e. The maximum absolute atomic E-state index is 12.9. The molecule has 0 amide bonds. The number of benzene rings is 1. The standard InChI is InChI=1S/C17H19NO4/c1-22-15-12(19)4-2-9-8-11-10-3-5-13(20)16(21)17(10,14(9)15)6-7-18-11/h2,4,10-11,18-19H,3,5-8H2,1H3/t10-,11+,17-/m0/s1. The Morgan fingerprint density at radius 3 is 2.95 bits per heavy atom. The highest BCUT2D eigenvalue weighted by molar-refractivity contribution is 6.41. The van der Waals surface area contributed by atoms with E-state index in [0.29, 0.717) is 25.1 Å². The quantitative estimate of drug-likeness (QED) is 0.760. The largest absolute Gasteiger partial charge is 0.504 e. The van der Waals surface area contributed by atoms with E-state index in [9.17, 15) is 14.7 Å². The number of Topliss-reactive ketones (excluding diaryl/α,β-unsaturated/α-hetero) is 2. The van der Waals surface area contributed by atoms with Crippen molar-refractivity contribution >= 4 is 11.6 Å². The lowest BCUT2D eigenvalue weighted by Crippen LogP contribution is -2.64. The van der Waals surface area contributed by atoms with Gasteiger partial charge in [-0.1, -0.05) is 6.07 Å². The summed E-state index contributed by atoms with van der Waals surface area (Å²) < 4.78 is 5.43. The van der Waals surface area contributed by atoms with Crippen LogP contribution in [0.3, 0.4) is 0 Å². The van der Waals surface area contributed by atoms with Crippen molar-refractivity contribution in [1.82, 2.24) is 5.32 Å². The SMILES string of the molecule is COc1c(O)ccc2c1[C@]13CCN[C@H](C2)[C@@H]1CCC(=O)C3=O. The van der Waals surface area contributed by atoms with Crippen molar-refractivity contribution in [1.29, 1.82) is 0 Å². The number of phenolic OH excluding ortho intramolecular Hbond substituents is 1. The zero-order chi connectivity index (χ0) is 15.5. The Labute approximate surface area is 128 Å². The summed E-state index contributed by atoms with van der Waals surface area (Å²) in [5.74, 6) is -0.0621. The number of piperidine rings is 1. The molecule has 2 bridgehead atoms. The summed E-state index contributed by atoms with van der Waals surface area (Å²) in [4.78, 5) is 25.1. The van der Waals surface area contributed by atoms with E-state index in [1.807, 2.05) is 6.07 Å². The lowest BCUT2D eigenvalue weighted by molar-refractivity contribution is -0.146. The molecule has 1 saturated heterocycles. The number of rotatable bonds is 1. The molecule has 2 fully saturated rings. The highest BCUT2D eigenvalue weighted by atomic mass is 16.5. The summed E-state index contributed by atoms with van der Waals surface area (Å²) in [6, 6.07) is 3.68. The summed E-state index contributed by atoms with van der Waals surface area (Å²) in [7, 11) is 1.50. The normalized spacial score (nSPS) is 33.1. The van der Waals surface area contributed by atoms with Gasteiger partial charge in [0, 0.05) is 18.0 Å². The van der Waals surface area contributed by atoms with Gasteiger partial charge in [0.2, 0.25) is 5.78 Å². The van der Waals surface area contributed by atoms with Crippen LogP contribution in [0, 0.1) is 5.92 Å². The first-order chi connectivity index (χ1) is 10.6. The van der Waals surface area contributed by atoms with Crippen molar-refractivity contribution in [2.75, 3.05) is 13.7 Å². The van der Waals surface area contributed by atoms with Gasteiger partial charge >= 0.3 is 0 Å². The number of ketones is 2. The number of fused-ring (bicyclic) bond motifs is 1. The molecule has 3 atom stereocenters. The molecule has 2 N–H and O–H groups in total. The first kappa shape index (κ1) is 13.8. The highest BCUT2D eigenvalue weighted by Gasteiger charge is 2.60. The molecule has 116 valence electrons. The Morgan fingerprint density at radius 2 is 2.18 bits per heavy atom. The van der Waals surface area contributed by atoms with Gasteiger partial charge in [0.1, 0.15) is 0 Å². The molecule has 0 aromatic heterocycles. The molecule has 22 heavy (non-hydrogen) atoms. The average Bonchev–Trinajstić information content (AvgIpc) is 2.51. The smallest absolute Gasteiger partial charge is 0.209 e. The number of ether oxygens (including phenoxy) is 1. The molecule has 1 aromatic rings. The first-order valence-corrected chi connectivity index (χ1v) is 7.80. The van der Waals surface area contributed by atoms with Gasteiger partial charge in [0.25, 0.3) is 0 Å². The van der Waals surface area contributed by atoms with Crippen molar-refractivity contribution in [3.63, 3.8) is 0 Å². The Morgan fingerprint density at radius 1 is 1.36 bits per heavy atom. The molecular formula is C17H19NO4. The van der Waals surface area contributed by atoms with Crippen LogP contribution < -0.4 is 10.1 Å². The van der Waals surface area contributed by atoms with Crippen molar-refractivity contribution in [3.8, 4) is 11.5 Å². The third kappa shape index (κ3) is 1.52. The van der Waals surface area contributed by atoms with Gasteiger partial charge < -0.3 is 15.2 Å². The monoisotopic (exact) mass is 301 g/mol. The predicted molar refractivity (Wildman–Crippen MR) is 79.2 cm³/mol. The molecule has 2 aliphatic carbocycles. The van der Waals surface area contributed by atoms with Gasteiger partial charge in [-0.3, -0.25) is 9.59 Å². The van der Waals surface area contributed by atoms with E-state index < -0.39 is 5.41 Å². The lowest BCUT2D eigenvalue weighted by Gasteiger charge is -2.54. The van der Waals surface area contributed by atoms with Gasteiger partial charge in [-0.15, -0.1) is 0 Å². The molecule has 1 aliphatic heterocycles. The summed E-state index contributed by atoms with van der Waals surface area (Å²) in [6.07, 6.45) is 2.45. The van der Waals surface area contributed by atoms with E-state index in [1.54, 1.807) is 6.07 Å². The Kier molecular flexibility index (Phi) is 2.85. The lowest BCUT2D eigenvalue weighted by atomic mass is 9.51. The van der Waals surface area contributed by atoms with Crippen LogP contribution >= 0.6 is 0 Å². The molecule has 1 heterocycles. The van der Waals surface area contributed by atoms with E-state index in [4.69, 9.17) is 4.74 Å². The van der Waals surface area contributed by atoms with Crippen LogP contribution in [0.15, 0.2) is 12.1 Å². The minimum atomic E-state index is -0.817. The molecule has 4 rings (SSSR count). The number of phenols is 1. The number of hydrogen-bond donors (Lipinski definition) is 2. The van der Waals surface area contributed by atoms with Crippen molar-refractivity contribution < 1.29 is 19.4 Å². The van der Waals surface area contributed by atoms with Crippen LogP contribution in [0.25, 0.3) is 0 Å². The highest BCUT2D eigenvalue weighted by Crippen LogP contribution is 2.55. The second-order valence-corrected chi connectivity index (χ2v) is 6.54. The summed E-state index contributed by atoms with van der Waals surface area (Å²) in [6.45, 7) is 0.707. The second kappa shape index (κ2) is 4.56. The van der Waals surface area contributed by atoms with E-state index >= 15 is 0 Å². The summed E-state index contributed by atoms with van der Waals surface area (Å²) in [5, 5.41) is 13.7. The van der Waals surface area contributed by atoms with E-state index in [-0.39, 0.29) is 29.3 Å². The molecule has 1 aromatic carbocycles. The van der Waals surface area contributed by atoms with E-state index in [2.05, 4.69) is 5.32 Å². The van der Waals surface area contributed by atoms with Crippen molar-refractivity contribution in [3.05, 3.63) is 23.3 Å². The first-order valence-electron chi connectivity index (χ1n) is 7.80. The molecule has 5 nitrogen and oxygen atoms in total. The number of carbonyl (C=O) groups is 2. The number of carbonyl (C=O) groups excluding carboxylic acids is 2. The van der Waals surface area contributed by atoms with Crippen molar-refractivity contribution in [2.45, 2.75) is 37.1 Å². The molecule has 0 unspecified atom stereocenters. The Bertz CT molecular complexity index is 683. The molecule has 0 spiro atoms. The van der Waals surface area contributed by atoms with Crippen molar-refractivity contribution in [2.24, 2.45) is 5.92 Å². The van der Waals surface area contributed by atoms with Crippen LogP contribution in [-0.2, 0) is 21.4 Å². The summed E-state index contributed by atoms with van der Waals surface area (Å²) >= 11 is 0. The predicted octanol–water partition coefficient (Wildman–Crippen LogP) is 1.10. The van der Waals surface area contributed by atoms with Gasteiger partial charge in [-0.25, -0.2) is 0 Å². The number of nitrogens with one attached hydrogen (secondary N) is 1. The molecular weight excluding hydrogens is 282 g/mol. The van der Waals surface area contributed by atoms with Gasteiger partial charge in [0.05, 0.1) is 12.5 Å². The summed E-state index contributed by atoms with van der Waals surface area (Å²) in [5.41, 5.74) is 0.949. The molecule has 5 heteroatoms. The zero-order valence-electron chi connectivity index (χ0n) is 12.5. The van der Waals surface area contributed by atoms with E-state index in [0.717, 1.165) is 24.0 Å².